The molecule has 1 saturated heterocycles. The van der Waals surface area contributed by atoms with Crippen LogP contribution in [0, 0.1) is 5.41 Å². The third-order valence-corrected chi connectivity index (χ3v) is 7.01. The first kappa shape index (κ1) is 27.9. The molecule has 1 fully saturated rings. The molecule has 0 bridgehead atoms. The van der Waals surface area contributed by atoms with E-state index in [4.69, 9.17) is 18.8 Å². The lowest BCUT2D eigenvalue weighted by molar-refractivity contribution is -0.155. The third-order valence-electron chi connectivity index (χ3n) is 7.01. The lowest BCUT2D eigenvalue weighted by Gasteiger charge is -2.29. The van der Waals surface area contributed by atoms with Gasteiger partial charge in [-0.05, 0) is 67.2 Å². The summed E-state index contributed by atoms with van der Waals surface area (Å²) in [6, 6.07) is 15.2. The Labute approximate surface area is 215 Å². The van der Waals surface area contributed by atoms with Gasteiger partial charge in [-0.2, -0.15) is 0 Å². The van der Waals surface area contributed by atoms with Gasteiger partial charge in [-0.3, -0.25) is 4.79 Å². The van der Waals surface area contributed by atoms with Gasteiger partial charge in [0.15, 0.2) is 0 Å². The predicted molar refractivity (Wildman–Crippen MR) is 141 cm³/mol. The molecule has 0 saturated carbocycles. The normalized spacial score (nSPS) is 17.9. The van der Waals surface area contributed by atoms with Crippen molar-refractivity contribution in [1.82, 2.24) is 0 Å². The maximum Gasteiger partial charge on any atom is 0.494 e. The minimum absolute atomic E-state index is 0.118. The van der Waals surface area contributed by atoms with Gasteiger partial charge in [-0.15, -0.1) is 0 Å². The number of carbonyl (C=O) groups is 2. The molecule has 0 aromatic heterocycles. The summed E-state index contributed by atoms with van der Waals surface area (Å²) < 4.78 is 22.5. The molecule has 3 unspecified atom stereocenters. The van der Waals surface area contributed by atoms with E-state index in [1.54, 1.807) is 12.1 Å². The molecule has 1 heterocycles. The van der Waals surface area contributed by atoms with Gasteiger partial charge in [-0.1, -0.05) is 64.1 Å². The number of hydrogen-bond acceptors (Lipinski definition) is 6. The fourth-order valence-electron chi connectivity index (χ4n) is 4.32. The van der Waals surface area contributed by atoms with Gasteiger partial charge in [0.2, 0.25) is 0 Å². The fraction of sp³-hybridized carbons (Fsp3) is 0.517. The van der Waals surface area contributed by atoms with Crippen molar-refractivity contribution in [2.45, 2.75) is 78.9 Å². The zero-order chi connectivity index (χ0) is 26.1. The highest BCUT2D eigenvalue weighted by molar-refractivity contribution is 6.61. The van der Waals surface area contributed by atoms with Crippen LogP contribution in [0.1, 0.15) is 87.7 Å². The summed E-state index contributed by atoms with van der Waals surface area (Å²) in [5.74, 6) is -0.300. The molecule has 194 valence electrons. The highest BCUT2D eigenvalue weighted by atomic mass is 16.6. The second kappa shape index (κ2) is 13.1. The van der Waals surface area contributed by atoms with Crippen molar-refractivity contribution in [3.05, 3.63) is 65.2 Å². The summed E-state index contributed by atoms with van der Waals surface area (Å²) in [6.07, 6.45) is 3.29. The highest BCUT2D eigenvalue weighted by Gasteiger charge is 2.35. The van der Waals surface area contributed by atoms with Gasteiger partial charge >= 0.3 is 19.1 Å². The molecule has 3 atom stereocenters. The van der Waals surface area contributed by atoms with E-state index < -0.39 is 5.41 Å². The average Bonchev–Trinajstić information content (AvgIpc) is 3.40. The van der Waals surface area contributed by atoms with Gasteiger partial charge in [0, 0.05) is 0 Å². The first-order chi connectivity index (χ1) is 17.3. The van der Waals surface area contributed by atoms with Gasteiger partial charge in [-0.25, -0.2) is 4.79 Å². The molecule has 0 N–H and O–H groups in total. The van der Waals surface area contributed by atoms with Crippen LogP contribution in [0.4, 0.5) is 0 Å². The van der Waals surface area contributed by atoms with E-state index in [0.717, 1.165) is 35.9 Å². The first-order valence-electron chi connectivity index (χ1n) is 13.1. The molecule has 1 aliphatic heterocycles. The molecule has 1 aliphatic rings. The maximum atomic E-state index is 12.6. The topological polar surface area (TPSA) is 71.1 Å². The van der Waals surface area contributed by atoms with Crippen molar-refractivity contribution in [3.8, 4) is 0 Å². The van der Waals surface area contributed by atoms with E-state index in [2.05, 4.69) is 13.8 Å². The molecule has 2 aromatic carbocycles. The number of rotatable bonds is 12. The van der Waals surface area contributed by atoms with Crippen molar-refractivity contribution in [2.75, 3.05) is 13.2 Å². The van der Waals surface area contributed by atoms with Crippen molar-refractivity contribution in [1.29, 1.82) is 0 Å². The lowest BCUT2D eigenvalue weighted by atomic mass is 9.77. The van der Waals surface area contributed by atoms with Crippen molar-refractivity contribution < 1.29 is 28.4 Å². The summed E-state index contributed by atoms with van der Waals surface area (Å²) in [5, 5.41) is 0. The van der Waals surface area contributed by atoms with Gasteiger partial charge in [0.25, 0.3) is 0 Å². The number of carbonyl (C=O) groups excluding carboxylic acids is 2. The van der Waals surface area contributed by atoms with Crippen LogP contribution in [0.5, 0.6) is 0 Å². The van der Waals surface area contributed by atoms with E-state index >= 15 is 0 Å². The largest absolute Gasteiger partial charge is 0.494 e. The number of ether oxygens (including phenoxy) is 2. The Kier molecular flexibility index (Phi) is 10.1. The molecule has 2 aromatic rings. The Morgan fingerprint density at radius 2 is 1.75 bits per heavy atom. The van der Waals surface area contributed by atoms with Crippen LogP contribution in [-0.4, -0.2) is 38.4 Å². The van der Waals surface area contributed by atoms with Crippen LogP contribution in [0.3, 0.4) is 0 Å². The lowest BCUT2D eigenvalue weighted by Crippen LogP contribution is -2.32. The molecule has 0 amide bonds. The monoisotopic (exact) mass is 494 g/mol. The molecule has 6 nitrogen and oxygen atoms in total. The van der Waals surface area contributed by atoms with Crippen LogP contribution in [0.2, 0.25) is 0 Å². The molecular weight excluding hydrogens is 455 g/mol. The van der Waals surface area contributed by atoms with E-state index in [0.29, 0.717) is 25.2 Å². The smallest absolute Gasteiger partial charge is 0.465 e. The van der Waals surface area contributed by atoms with Crippen molar-refractivity contribution in [3.63, 3.8) is 0 Å². The molecule has 36 heavy (non-hydrogen) atoms. The van der Waals surface area contributed by atoms with Gasteiger partial charge < -0.3 is 18.8 Å². The zero-order valence-corrected chi connectivity index (χ0v) is 22.3. The van der Waals surface area contributed by atoms with Crippen LogP contribution in [0.25, 0.3) is 0 Å². The van der Waals surface area contributed by atoms with E-state index in [1.807, 2.05) is 57.2 Å². The van der Waals surface area contributed by atoms with Gasteiger partial charge in [0.05, 0.1) is 30.3 Å². The van der Waals surface area contributed by atoms with Crippen LogP contribution in [-0.2, 0) is 30.2 Å². The Balaban J connectivity index is 1.51. The Morgan fingerprint density at radius 3 is 2.33 bits per heavy atom. The summed E-state index contributed by atoms with van der Waals surface area (Å²) >= 11 is 0. The molecular formula is C29H39BO6. The Bertz CT molecular complexity index is 990. The van der Waals surface area contributed by atoms with Crippen molar-refractivity contribution >= 4 is 24.5 Å². The minimum atomic E-state index is -0.508. The molecule has 0 radical (unpaired) electrons. The first-order valence-corrected chi connectivity index (χ1v) is 13.1. The summed E-state index contributed by atoms with van der Waals surface area (Å²) in [5.41, 5.74) is 2.93. The van der Waals surface area contributed by atoms with E-state index in [-0.39, 0.29) is 37.7 Å². The maximum absolute atomic E-state index is 12.6. The number of benzene rings is 2. The second-order valence-corrected chi connectivity index (χ2v) is 9.93. The van der Waals surface area contributed by atoms with E-state index in [9.17, 15) is 9.59 Å². The number of hydrogen-bond donors (Lipinski definition) is 0. The Morgan fingerprint density at radius 1 is 1.06 bits per heavy atom. The molecule has 0 spiro atoms. The predicted octanol–water partition coefficient (Wildman–Crippen LogP) is 5.43. The summed E-state index contributed by atoms with van der Waals surface area (Å²) in [4.78, 5) is 25.1. The standard InChI is InChI=1S/C29H39BO6/c1-6-17-33-28(32)29(5,8-3)18-21(4)23-11-9-22(10-12-23)19-34-27(31)24-13-15-25(16-14-24)30-35-20-26(7-2)36-30/h9-16,21,26H,6-8,17-20H2,1-5H3. The summed E-state index contributed by atoms with van der Waals surface area (Å²) in [7, 11) is -0.377. The van der Waals surface area contributed by atoms with Crippen LogP contribution >= 0.6 is 0 Å². The molecule has 7 heteroatoms. The van der Waals surface area contributed by atoms with Crippen LogP contribution < -0.4 is 5.46 Å². The average molecular weight is 494 g/mol. The highest BCUT2D eigenvalue weighted by Crippen LogP contribution is 2.36. The van der Waals surface area contributed by atoms with Crippen LogP contribution in [0.15, 0.2) is 48.5 Å². The number of esters is 2. The quantitative estimate of drug-likeness (QED) is 0.290. The SMILES string of the molecule is CCCOC(=O)C(C)(CC)CC(C)c1ccc(COC(=O)c2ccc(B3OCC(CC)O3)cc2)cc1. The molecule has 3 rings (SSSR count). The molecule has 0 aliphatic carbocycles. The van der Waals surface area contributed by atoms with Gasteiger partial charge in [0.1, 0.15) is 6.61 Å². The van der Waals surface area contributed by atoms with Crippen molar-refractivity contribution in [2.24, 2.45) is 5.41 Å². The minimum Gasteiger partial charge on any atom is -0.465 e. The Hall–Kier alpha value is -2.64. The fourth-order valence-corrected chi connectivity index (χ4v) is 4.32. The van der Waals surface area contributed by atoms with E-state index in [1.165, 1.54) is 0 Å². The zero-order valence-electron chi connectivity index (χ0n) is 22.3. The second-order valence-electron chi connectivity index (χ2n) is 9.93. The summed E-state index contributed by atoms with van der Waals surface area (Å²) in [6.45, 7) is 11.5. The third kappa shape index (κ3) is 7.20.